The van der Waals surface area contributed by atoms with Crippen LogP contribution in [-0.4, -0.2) is 65.9 Å². The minimum atomic E-state index is -1.69. The fourth-order valence-corrected chi connectivity index (χ4v) is 8.18. The van der Waals surface area contributed by atoms with Crippen molar-refractivity contribution in [1.29, 1.82) is 0 Å². The molecule has 0 aromatic carbocycles. The fourth-order valence-electron chi connectivity index (χ4n) is 7.65. The summed E-state index contributed by atoms with van der Waals surface area (Å²) in [5, 5.41) is 11.8. The Morgan fingerprint density at radius 3 is 2.55 bits per heavy atom. The molecule has 0 aromatic rings. The normalized spacial score (nSPS) is 39.3. The van der Waals surface area contributed by atoms with Crippen molar-refractivity contribution in [3.05, 3.63) is 23.8 Å². The Morgan fingerprint density at radius 2 is 1.87 bits per heavy atom. The van der Waals surface area contributed by atoms with Crippen molar-refractivity contribution < 1.29 is 43.2 Å². The Bertz CT molecular complexity index is 1070. The molecule has 3 fully saturated rings. The number of methoxy groups -OCH3 is 1. The number of ketones is 2. The predicted octanol–water partition coefficient (Wildman–Crippen LogP) is 4.67. The maximum Gasteiger partial charge on any atom is 0.509 e. The number of carbonyl (C=O) groups excluding carboxylic acids is 4. The molecule has 4 aliphatic carbocycles. The molecule has 1 unspecified atom stereocenters. The van der Waals surface area contributed by atoms with Crippen LogP contribution in [0.2, 0.25) is 0 Å². The summed E-state index contributed by atoms with van der Waals surface area (Å²) in [5.74, 6) is -1.13. The van der Waals surface area contributed by atoms with Crippen LogP contribution in [0.15, 0.2) is 23.8 Å². The standard InChI is InChI=1S/C28H37ClO9/c1-5-6-13-36-24(34)38-27(22(32)16-37-23(33)35-4)12-10-19-20-8-7-17-14-18(30)9-11-25(17,2)28(20,29)21(31)15-26(19,27)3/h9,11,14,19-21,31H,5-8,10,12-13,15-16H2,1-4H3/t19-,20-,21?,25-,26-,27-,28-/m0/s1. The number of carbonyl (C=O) groups is 4. The van der Waals surface area contributed by atoms with Crippen molar-refractivity contribution in [2.75, 3.05) is 20.3 Å². The molecule has 0 aromatic heterocycles. The summed E-state index contributed by atoms with van der Waals surface area (Å²) in [6, 6.07) is 0. The topological polar surface area (TPSA) is 125 Å². The zero-order valence-corrected chi connectivity index (χ0v) is 23.2. The van der Waals surface area contributed by atoms with E-state index in [0.29, 0.717) is 25.7 Å². The summed E-state index contributed by atoms with van der Waals surface area (Å²) in [5.41, 5.74) is -2.57. The second-order valence-corrected chi connectivity index (χ2v) is 12.0. The zero-order chi connectivity index (χ0) is 27.9. The molecule has 0 bridgehead atoms. The van der Waals surface area contributed by atoms with E-state index >= 15 is 0 Å². The Balaban J connectivity index is 1.71. The summed E-state index contributed by atoms with van der Waals surface area (Å²) in [6.07, 6.45) is 5.24. The average Bonchev–Trinajstić information content (AvgIpc) is 3.16. The number of Topliss-reactive ketones (excluding diaryl/α,β-unsaturated/α-hetero) is 1. The van der Waals surface area contributed by atoms with Crippen LogP contribution in [0.1, 0.15) is 65.7 Å². The van der Waals surface area contributed by atoms with Crippen LogP contribution in [0.3, 0.4) is 0 Å². The molecule has 9 nitrogen and oxygen atoms in total. The van der Waals surface area contributed by atoms with Crippen LogP contribution in [0.25, 0.3) is 0 Å². The number of aliphatic hydroxyl groups excluding tert-OH is 1. The van der Waals surface area contributed by atoms with Crippen LogP contribution in [-0.2, 0) is 28.5 Å². The van der Waals surface area contributed by atoms with Gasteiger partial charge in [0, 0.05) is 10.8 Å². The van der Waals surface area contributed by atoms with Gasteiger partial charge in [0.1, 0.15) is 0 Å². The molecule has 4 aliphatic rings. The molecular formula is C28H37ClO9. The van der Waals surface area contributed by atoms with Crippen LogP contribution in [0, 0.1) is 22.7 Å². The van der Waals surface area contributed by atoms with Crippen LogP contribution in [0.5, 0.6) is 0 Å². The summed E-state index contributed by atoms with van der Waals surface area (Å²) in [4.78, 5) is 49.2. The van der Waals surface area contributed by atoms with Gasteiger partial charge < -0.3 is 24.1 Å². The monoisotopic (exact) mass is 552 g/mol. The number of halogens is 1. The average molecular weight is 553 g/mol. The Morgan fingerprint density at radius 1 is 1.13 bits per heavy atom. The third-order valence-electron chi connectivity index (χ3n) is 9.67. The quantitative estimate of drug-likeness (QED) is 0.272. The van der Waals surface area contributed by atoms with Gasteiger partial charge in [-0.1, -0.05) is 38.8 Å². The van der Waals surface area contributed by atoms with Crippen molar-refractivity contribution >= 4 is 35.5 Å². The van der Waals surface area contributed by atoms with E-state index in [9.17, 15) is 24.3 Å². The van der Waals surface area contributed by atoms with Crippen molar-refractivity contribution in [3.8, 4) is 0 Å². The third kappa shape index (κ3) is 4.17. The number of hydrogen-bond donors (Lipinski definition) is 1. The molecule has 4 rings (SSSR count). The van der Waals surface area contributed by atoms with Gasteiger partial charge in [-0.25, -0.2) is 9.59 Å². The van der Waals surface area contributed by atoms with Crippen LogP contribution < -0.4 is 0 Å². The first-order valence-electron chi connectivity index (χ1n) is 13.3. The lowest BCUT2D eigenvalue weighted by Gasteiger charge is -2.63. The maximum atomic E-state index is 13.7. The largest absolute Gasteiger partial charge is 0.509 e. The van der Waals surface area contributed by atoms with Gasteiger partial charge in [-0.3, -0.25) is 9.59 Å². The highest BCUT2D eigenvalue weighted by Crippen LogP contribution is 2.71. The summed E-state index contributed by atoms with van der Waals surface area (Å²) < 4.78 is 20.6. The highest BCUT2D eigenvalue weighted by Gasteiger charge is 2.74. The predicted molar refractivity (Wildman–Crippen MR) is 137 cm³/mol. The van der Waals surface area contributed by atoms with Crippen LogP contribution in [0.4, 0.5) is 9.59 Å². The third-order valence-corrected chi connectivity index (χ3v) is 10.6. The Kier molecular flexibility index (Phi) is 7.76. The van der Waals surface area contributed by atoms with Crippen LogP contribution >= 0.6 is 11.6 Å². The van der Waals surface area contributed by atoms with E-state index in [0.717, 1.165) is 19.1 Å². The number of aliphatic hydroxyl groups is 1. The summed E-state index contributed by atoms with van der Waals surface area (Å²) in [6.45, 7) is 5.24. The first-order chi connectivity index (χ1) is 17.9. The number of alkyl halides is 1. The molecule has 38 heavy (non-hydrogen) atoms. The summed E-state index contributed by atoms with van der Waals surface area (Å²) in [7, 11) is 1.13. The molecule has 0 spiro atoms. The van der Waals surface area contributed by atoms with E-state index in [-0.39, 0.29) is 37.1 Å². The molecule has 7 atom stereocenters. The lowest BCUT2D eigenvalue weighted by atomic mass is 9.45. The molecule has 0 heterocycles. The van der Waals surface area contributed by atoms with Gasteiger partial charge in [0.25, 0.3) is 0 Å². The van der Waals surface area contributed by atoms with Gasteiger partial charge in [-0.15, -0.1) is 11.6 Å². The smallest absolute Gasteiger partial charge is 0.438 e. The molecule has 0 amide bonds. The Labute approximate surface area is 227 Å². The van der Waals surface area contributed by atoms with Gasteiger partial charge >= 0.3 is 12.3 Å². The number of unbranched alkanes of at least 4 members (excludes halogenated alkanes) is 1. The second-order valence-electron chi connectivity index (χ2n) is 11.4. The minimum Gasteiger partial charge on any atom is -0.438 e. The highest BCUT2D eigenvalue weighted by atomic mass is 35.5. The van der Waals surface area contributed by atoms with Crippen molar-refractivity contribution in [3.63, 3.8) is 0 Å². The van der Waals surface area contributed by atoms with Gasteiger partial charge in [0.05, 0.1) is 24.7 Å². The molecule has 0 aliphatic heterocycles. The molecule has 1 N–H and O–H groups in total. The zero-order valence-electron chi connectivity index (χ0n) is 22.4. The molecule has 3 saturated carbocycles. The number of ether oxygens (including phenoxy) is 4. The van der Waals surface area contributed by atoms with Crippen molar-refractivity contribution in [2.45, 2.75) is 82.3 Å². The number of allylic oxidation sites excluding steroid dienone is 4. The second kappa shape index (κ2) is 10.3. The van der Waals surface area contributed by atoms with E-state index in [1.54, 1.807) is 12.2 Å². The van der Waals surface area contributed by atoms with E-state index in [4.69, 9.17) is 25.8 Å². The van der Waals surface area contributed by atoms with E-state index < -0.39 is 52.1 Å². The molecule has 0 radical (unpaired) electrons. The fraction of sp³-hybridized carbons (Fsp3) is 0.714. The molecule has 0 saturated heterocycles. The van der Waals surface area contributed by atoms with E-state index in [2.05, 4.69) is 4.74 Å². The number of rotatable bonds is 7. The summed E-state index contributed by atoms with van der Waals surface area (Å²) >= 11 is 7.45. The number of hydrogen-bond acceptors (Lipinski definition) is 9. The van der Waals surface area contributed by atoms with E-state index in [1.165, 1.54) is 6.08 Å². The lowest BCUT2D eigenvalue weighted by Crippen LogP contribution is -2.69. The maximum absolute atomic E-state index is 13.7. The Hall–Kier alpha value is -2.39. The highest BCUT2D eigenvalue weighted by molar-refractivity contribution is 6.26. The SMILES string of the molecule is CCCCOC(=O)O[C@]1(C(=O)COC(=O)OC)CC[C@H]2[C@@H]3CCC4=CC(=O)C=C[C@]4(C)[C@@]3(Cl)C(O)C[C@@]21C. The minimum absolute atomic E-state index is 0.0640. The molecule has 210 valence electrons. The van der Waals surface area contributed by atoms with Crippen molar-refractivity contribution in [1.82, 2.24) is 0 Å². The van der Waals surface area contributed by atoms with Gasteiger partial charge in [-0.05, 0) is 62.5 Å². The van der Waals surface area contributed by atoms with Gasteiger partial charge in [0.15, 0.2) is 18.0 Å². The number of fused-ring (bicyclic) bond motifs is 5. The lowest BCUT2D eigenvalue weighted by molar-refractivity contribution is -0.179. The molecular weight excluding hydrogens is 516 g/mol. The van der Waals surface area contributed by atoms with Crippen molar-refractivity contribution in [2.24, 2.45) is 22.7 Å². The first kappa shape index (κ1) is 28.6. The first-order valence-corrected chi connectivity index (χ1v) is 13.7. The molecule has 10 heteroatoms. The van der Waals surface area contributed by atoms with E-state index in [1.807, 2.05) is 20.8 Å². The van der Waals surface area contributed by atoms with Gasteiger partial charge in [-0.2, -0.15) is 0 Å². The van der Waals surface area contributed by atoms with Gasteiger partial charge in [0.2, 0.25) is 5.78 Å².